The number of amides is 2. The minimum absolute atomic E-state index is 0.275. The fourth-order valence-electron chi connectivity index (χ4n) is 1.60. The minimum Gasteiger partial charge on any atom is -0.465 e. The Hall–Kier alpha value is -1.14. The molecule has 1 rings (SSSR count). The highest BCUT2D eigenvalue weighted by Gasteiger charge is 2.25. The fraction of sp³-hybridized carbons (Fsp3) is 0.818. The number of carboxylic acid groups (broad SMARTS) is 1. The number of likely N-dealkylation sites (tertiary alicyclic amines) is 1. The molecule has 1 fully saturated rings. The molecule has 17 heavy (non-hydrogen) atoms. The van der Waals surface area contributed by atoms with Crippen molar-refractivity contribution in [3.63, 3.8) is 0 Å². The molecule has 1 heterocycles. The van der Waals surface area contributed by atoms with Crippen LogP contribution in [0.5, 0.6) is 0 Å². The van der Waals surface area contributed by atoms with Crippen molar-refractivity contribution in [2.24, 2.45) is 0 Å². The summed E-state index contributed by atoms with van der Waals surface area (Å²) in [5.41, 5.74) is 0. The third kappa shape index (κ3) is 5.65. The normalized spacial score (nSPS) is 16.8. The van der Waals surface area contributed by atoms with E-state index in [1.807, 2.05) is 18.7 Å². The van der Waals surface area contributed by atoms with Crippen LogP contribution in [0.25, 0.3) is 0 Å². The summed E-state index contributed by atoms with van der Waals surface area (Å²) in [5, 5.41) is 17.2. The van der Waals surface area contributed by atoms with Gasteiger partial charge in [0.15, 0.2) is 0 Å². The number of rotatable bonds is 3. The van der Waals surface area contributed by atoms with Crippen LogP contribution in [0.2, 0.25) is 0 Å². The van der Waals surface area contributed by atoms with E-state index in [-0.39, 0.29) is 12.1 Å². The van der Waals surface area contributed by atoms with Crippen LogP contribution in [0.1, 0.15) is 33.6 Å². The van der Waals surface area contributed by atoms with Crippen molar-refractivity contribution in [2.45, 2.75) is 39.8 Å². The largest absolute Gasteiger partial charge is 0.465 e. The molecule has 0 aromatic rings. The first-order chi connectivity index (χ1) is 7.93. The second-order valence-corrected chi connectivity index (χ2v) is 3.78. The maximum atomic E-state index is 10.6. The quantitative estimate of drug-likeness (QED) is 0.725. The zero-order valence-electron chi connectivity index (χ0n) is 10.7. The van der Waals surface area contributed by atoms with Crippen LogP contribution < -0.4 is 0 Å². The number of aliphatic hydroxyl groups is 1. The lowest BCUT2D eigenvalue weighted by Crippen LogP contribution is -2.32. The van der Waals surface area contributed by atoms with Gasteiger partial charge in [0.2, 0.25) is 5.91 Å². The van der Waals surface area contributed by atoms with Crippen LogP contribution in [0, 0.1) is 0 Å². The summed E-state index contributed by atoms with van der Waals surface area (Å²) in [6, 6.07) is 0. The first-order valence-corrected chi connectivity index (χ1v) is 5.89. The summed E-state index contributed by atoms with van der Waals surface area (Å²) >= 11 is 0. The van der Waals surface area contributed by atoms with Gasteiger partial charge in [0.05, 0.1) is 0 Å². The second kappa shape index (κ2) is 8.03. The van der Waals surface area contributed by atoms with Crippen molar-refractivity contribution in [1.29, 1.82) is 0 Å². The van der Waals surface area contributed by atoms with E-state index in [9.17, 15) is 9.59 Å². The van der Waals surface area contributed by atoms with E-state index in [0.717, 1.165) is 18.0 Å². The van der Waals surface area contributed by atoms with Crippen molar-refractivity contribution in [3.05, 3.63) is 0 Å². The SMILES string of the molecule is CCN(CC)C(C)O.O=C(O)N1CCCC1=O. The summed E-state index contributed by atoms with van der Waals surface area (Å²) < 4.78 is 0. The summed E-state index contributed by atoms with van der Waals surface area (Å²) in [7, 11) is 0. The van der Waals surface area contributed by atoms with E-state index in [4.69, 9.17) is 10.2 Å². The summed E-state index contributed by atoms with van der Waals surface area (Å²) in [4.78, 5) is 23.5. The standard InChI is InChI=1S/C6H15NO.C5H7NO3/c1-4-7(5-2)6(3)8;7-4-2-1-3-6(4)5(8)9/h6,8H,4-5H2,1-3H3;1-3H2,(H,8,9). The molecule has 0 saturated carbocycles. The van der Waals surface area contributed by atoms with E-state index in [2.05, 4.69) is 0 Å². The number of carbonyl (C=O) groups is 2. The van der Waals surface area contributed by atoms with Crippen LogP contribution in [0.4, 0.5) is 4.79 Å². The Bertz CT molecular complexity index is 252. The number of carbonyl (C=O) groups excluding carboxylic acids is 1. The van der Waals surface area contributed by atoms with Gasteiger partial charge in [-0.05, 0) is 26.4 Å². The Morgan fingerprint density at radius 3 is 2.12 bits per heavy atom. The van der Waals surface area contributed by atoms with Crippen molar-refractivity contribution in [2.75, 3.05) is 19.6 Å². The predicted molar refractivity (Wildman–Crippen MR) is 63.6 cm³/mol. The van der Waals surface area contributed by atoms with Gasteiger partial charge in [-0.1, -0.05) is 13.8 Å². The van der Waals surface area contributed by atoms with Crippen molar-refractivity contribution >= 4 is 12.0 Å². The monoisotopic (exact) mass is 246 g/mol. The maximum absolute atomic E-state index is 10.6. The summed E-state index contributed by atoms with van der Waals surface area (Å²) in [6.45, 7) is 8.08. The molecule has 100 valence electrons. The number of imide groups is 1. The van der Waals surface area contributed by atoms with Gasteiger partial charge in [0.1, 0.15) is 6.23 Å². The van der Waals surface area contributed by atoms with Crippen molar-refractivity contribution in [3.8, 4) is 0 Å². The Morgan fingerprint density at radius 2 is 2.00 bits per heavy atom. The summed E-state index contributed by atoms with van der Waals surface area (Å²) in [5.74, 6) is -0.275. The van der Waals surface area contributed by atoms with Crippen LogP contribution >= 0.6 is 0 Å². The number of nitrogens with zero attached hydrogens (tertiary/aromatic N) is 2. The molecule has 0 aromatic carbocycles. The Morgan fingerprint density at radius 1 is 1.47 bits per heavy atom. The number of aliphatic hydroxyl groups excluding tert-OH is 1. The maximum Gasteiger partial charge on any atom is 0.414 e. The van der Waals surface area contributed by atoms with Gasteiger partial charge in [0.25, 0.3) is 0 Å². The van der Waals surface area contributed by atoms with Crippen molar-refractivity contribution in [1.82, 2.24) is 9.80 Å². The smallest absolute Gasteiger partial charge is 0.414 e. The van der Waals surface area contributed by atoms with Crippen LogP contribution in [0.15, 0.2) is 0 Å². The first kappa shape index (κ1) is 15.9. The lowest BCUT2D eigenvalue weighted by Gasteiger charge is -2.20. The molecule has 1 unspecified atom stereocenters. The molecular formula is C11H22N2O4. The average molecular weight is 246 g/mol. The van der Waals surface area contributed by atoms with Gasteiger partial charge < -0.3 is 10.2 Å². The molecule has 0 bridgehead atoms. The lowest BCUT2D eigenvalue weighted by molar-refractivity contribution is -0.125. The molecule has 0 radical (unpaired) electrons. The molecule has 0 spiro atoms. The molecule has 6 heteroatoms. The second-order valence-electron chi connectivity index (χ2n) is 3.78. The first-order valence-electron chi connectivity index (χ1n) is 5.89. The highest BCUT2D eigenvalue weighted by molar-refractivity contribution is 5.92. The Labute approximate surface area is 102 Å². The zero-order chi connectivity index (χ0) is 13.4. The minimum atomic E-state index is -1.13. The number of hydrogen-bond acceptors (Lipinski definition) is 4. The van der Waals surface area contributed by atoms with Crippen LogP contribution in [-0.4, -0.2) is 57.9 Å². The molecule has 0 aromatic heterocycles. The van der Waals surface area contributed by atoms with E-state index in [1.165, 1.54) is 0 Å². The average Bonchev–Trinajstić information content (AvgIpc) is 2.66. The highest BCUT2D eigenvalue weighted by atomic mass is 16.4. The third-order valence-corrected chi connectivity index (χ3v) is 2.65. The predicted octanol–water partition coefficient (Wildman–Crippen LogP) is 0.953. The van der Waals surface area contributed by atoms with Gasteiger partial charge in [-0.3, -0.25) is 9.69 Å². The van der Waals surface area contributed by atoms with E-state index in [0.29, 0.717) is 19.4 Å². The molecule has 6 nitrogen and oxygen atoms in total. The van der Waals surface area contributed by atoms with Crippen LogP contribution in [-0.2, 0) is 4.79 Å². The van der Waals surface area contributed by atoms with Gasteiger partial charge in [0, 0.05) is 13.0 Å². The molecule has 1 atom stereocenters. The third-order valence-electron chi connectivity index (χ3n) is 2.65. The Kier molecular flexibility index (Phi) is 7.49. The molecule has 0 aliphatic carbocycles. The molecule has 2 amide bonds. The van der Waals surface area contributed by atoms with Gasteiger partial charge >= 0.3 is 6.09 Å². The van der Waals surface area contributed by atoms with Gasteiger partial charge in [-0.25, -0.2) is 9.69 Å². The molecule has 1 saturated heterocycles. The van der Waals surface area contributed by atoms with Crippen LogP contribution in [0.3, 0.4) is 0 Å². The lowest BCUT2D eigenvalue weighted by atomic mass is 10.4. The summed E-state index contributed by atoms with van der Waals surface area (Å²) in [6.07, 6.45) is -0.361. The van der Waals surface area contributed by atoms with E-state index < -0.39 is 6.09 Å². The molecule has 1 aliphatic rings. The van der Waals surface area contributed by atoms with Gasteiger partial charge in [-0.15, -0.1) is 0 Å². The topological polar surface area (TPSA) is 81.1 Å². The van der Waals surface area contributed by atoms with E-state index >= 15 is 0 Å². The van der Waals surface area contributed by atoms with Crippen molar-refractivity contribution < 1.29 is 19.8 Å². The number of hydrogen-bond donors (Lipinski definition) is 2. The Balaban J connectivity index is 0.000000304. The molecular weight excluding hydrogens is 224 g/mol. The van der Waals surface area contributed by atoms with E-state index in [1.54, 1.807) is 6.92 Å². The molecule has 1 aliphatic heterocycles. The van der Waals surface area contributed by atoms with Gasteiger partial charge in [-0.2, -0.15) is 0 Å². The fourth-order valence-corrected chi connectivity index (χ4v) is 1.60. The molecule has 2 N–H and O–H groups in total. The highest BCUT2D eigenvalue weighted by Crippen LogP contribution is 2.08. The zero-order valence-corrected chi connectivity index (χ0v) is 10.7.